The van der Waals surface area contributed by atoms with Gasteiger partial charge < -0.3 is 25.3 Å². The van der Waals surface area contributed by atoms with Gasteiger partial charge in [0.1, 0.15) is 6.10 Å². The number of hydrogen-bond donors (Lipinski definition) is 4. The summed E-state index contributed by atoms with van der Waals surface area (Å²) in [6.07, 6.45) is -3.24. The molecule has 1 aliphatic heterocycles. The van der Waals surface area contributed by atoms with Crippen LogP contribution in [0.15, 0.2) is 0 Å². The van der Waals surface area contributed by atoms with Gasteiger partial charge in [-0.1, -0.05) is 0 Å². The molecule has 1 heterocycles. The van der Waals surface area contributed by atoms with Crippen molar-refractivity contribution in [3.8, 4) is 0 Å². The molecule has 5 nitrogen and oxygen atoms in total. The summed E-state index contributed by atoms with van der Waals surface area (Å²) in [6.45, 7) is 3.42. The Kier molecular flexibility index (Phi) is 6.90. The largest absolute Gasteiger partial charge is 0.448 e. The maximum atomic E-state index is 9.48. The first kappa shape index (κ1) is 14.9. The average molecular weight is 279 g/mol. The van der Waals surface area contributed by atoms with Crippen molar-refractivity contribution >= 4 is 0 Å². The smallest absolute Gasteiger partial charge is 0.108 e. The molecule has 0 aromatic carbocycles. The van der Waals surface area contributed by atoms with Crippen LogP contribution < -0.4 is 0 Å². The second-order valence-corrected chi connectivity index (χ2v) is 3.25. The van der Waals surface area contributed by atoms with Gasteiger partial charge in [-0.2, -0.15) is 6.92 Å². The summed E-state index contributed by atoms with van der Waals surface area (Å²) >= 11 is 0. The van der Waals surface area contributed by atoms with Crippen molar-refractivity contribution in [2.24, 2.45) is 0 Å². The summed E-state index contributed by atoms with van der Waals surface area (Å²) in [5.74, 6) is 0. The number of aliphatic hydroxyl groups is 4. The van der Waals surface area contributed by atoms with Crippen LogP contribution >= 0.6 is 0 Å². The predicted octanol–water partition coefficient (Wildman–Crippen LogP) is -2.08. The molecule has 81 valence electrons. The molecule has 0 aliphatic carbocycles. The summed E-state index contributed by atoms with van der Waals surface area (Å²) in [5, 5.41) is 37.0. The van der Waals surface area contributed by atoms with Crippen molar-refractivity contribution < 1.29 is 53.1 Å². The number of nitrogens with zero attached hydrogens (tertiary/aromatic N) is 1. The van der Waals surface area contributed by atoms with Gasteiger partial charge in [-0.25, -0.2) is 0 Å². The van der Waals surface area contributed by atoms with Crippen LogP contribution in [0.2, 0.25) is 0 Å². The Balaban J connectivity index is 0.00000169. The van der Waals surface area contributed by atoms with E-state index in [1.165, 1.54) is 0 Å². The standard InChI is InChI=1S/C8H16NO4.Y/c1-2-9-3-6(11)8(13)7(12)5(9)4-10;/h2,5-8,10-13H,3-4H2,1H3;/q-1;. The fourth-order valence-corrected chi connectivity index (χ4v) is 1.62. The van der Waals surface area contributed by atoms with Crippen molar-refractivity contribution in [1.82, 2.24) is 4.90 Å². The van der Waals surface area contributed by atoms with Gasteiger partial charge in [0.25, 0.3) is 0 Å². The molecule has 0 bridgehead atoms. The molecule has 1 aliphatic rings. The Bertz CT molecular complexity index is 169. The van der Waals surface area contributed by atoms with E-state index in [9.17, 15) is 15.3 Å². The van der Waals surface area contributed by atoms with Crippen LogP contribution in [0.25, 0.3) is 0 Å². The average Bonchev–Trinajstić information content (AvgIpc) is 2.13. The molecule has 14 heavy (non-hydrogen) atoms. The number of likely N-dealkylation sites (tertiary alicyclic amines) is 1. The summed E-state index contributed by atoms with van der Waals surface area (Å²) < 4.78 is 0. The number of piperidine rings is 1. The maximum absolute atomic E-state index is 9.48. The van der Waals surface area contributed by atoms with E-state index in [2.05, 4.69) is 0 Å². The summed E-state index contributed by atoms with van der Waals surface area (Å²) in [7, 11) is 0. The molecular formula is C8H16NO4Y-. The van der Waals surface area contributed by atoms with Crippen LogP contribution in [0, 0.1) is 6.54 Å². The van der Waals surface area contributed by atoms with Crippen molar-refractivity contribution in [2.45, 2.75) is 31.3 Å². The van der Waals surface area contributed by atoms with Crippen LogP contribution in [0.5, 0.6) is 0 Å². The van der Waals surface area contributed by atoms with Gasteiger partial charge in [-0.3, -0.25) is 6.54 Å². The maximum Gasteiger partial charge on any atom is 0.108 e. The third kappa shape index (κ3) is 2.95. The molecule has 1 fully saturated rings. The molecular weight excluding hydrogens is 263 g/mol. The molecule has 4 atom stereocenters. The topological polar surface area (TPSA) is 84.2 Å². The van der Waals surface area contributed by atoms with Gasteiger partial charge >= 0.3 is 0 Å². The molecule has 0 spiro atoms. The third-order valence-electron chi connectivity index (χ3n) is 2.48. The summed E-state index contributed by atoms with van der Waals surface area (Å²) in [6, 6.07) is -0.525. The SMILES string of the molecule is C[CH-]N1CC(O)C(O)C(O)C1CO.[Y]. The van der Waals surface area contributed by atoms with E-state index in [-0.39, 0.29) is 45.9 Å². The van der Waals surface area contributed by atoms with E-state index in [0.717, 1.165) is 0 Å². The number of rotatable bonds is 2. The van der Waals surface area contributed by atoms with Crippen LogP contribution in [0.3, 0.4) is 0 Å². The molecule has 1 rings (SSSR count). The van der Waals surface area contributed by atoms with Crippen LogP contribution in [-0.2, 0) is 32.7 Å². The zero-order valence-electron chi connectivity index (χ0n) is 8.11. The van der Waals surface area contributed by atoms with Crippen LogP contribution in [0.1, 0.15) is 6.92 Å². The molecule has 6 heteroatoms. The van der Waals surface area contributed by atoms with E-state index in [0.29, 0.717) is 0 Å². The van der Waals surface area contributed by atoms with Crippen molar-refractivity contribution in [3.63, 3.8) is 0 Å². The fourth-order valence-electron chi connectivity index (χ4n) is 1.62. The van der Waals surface area contributed by atoms with E-state index in [1.54, 1.807) is 18.4 Å². The molecule has 4 N–H and O–H groups in total. The van der Waals surface area contributed by atoms with Gasteiger partial charge in [-0.15, -0.1) is 0 Å². The Morgan fingerprint density at radius 3 is 2.29 bits per heavy atom. The Labute approximate surface area is 109 Å². The van der Waals surface area contributed by atoms with E-state index in [4.69, 9.17) is 5.11 Å². The predicted molar refractivity (Wildman–Crippen MR) is 45.6 cm³/mol. The summed E-state index contributed by atoms with van der Waals surface area (Å²) in [4.78, 5) is 1.63. The minimum absolute atomic E-state index is 0. The Hall–Kier alpha value is 0.904. The van der Waals surface area contributed by atoms with Crippen molar-refractivity contribution in [3.05, 3.63) is 6.54 Å². The van der Waals surface area contributed by atoms with Gasteiger partial charge in [0.2, 0.25) is 0 Å². The fraction of sp³-hybridized carbons (Fsp3) is 0.875. The normalized spacial score (nSPS) is 39.2. The molecule has 1 saturated heterocycles. The summed E-state index contributed by atoms with van der Waals surface area (Å²) in [5.41, 5.74) is 0. The zero-order chi connectivity index (χ0) is 10.0. The quantitative estimate of drug-likeness (QED) is 0.436. The van der Waals surface area contributed by atoms with E-state index >= 15 is 0 Å². The minimum atomic E-state index is -1.17. The van der Waals surface area contributed by atoms with Crippen LogP contribution in [-0.4, -0.2) is 62.8 Å². The number of aliphatic hydroxyl groups excluding tert-OH is 4. The van der Waals surface area contributed by atoms with Crippen LogP contribution in [0.4, 0.5) is 0 Å². The first-order valence-electron chi connectivity index (χ1n) is 4.32. The first-order chi connectivity index (χ1) is 6.11. The molecule has 1 radical (unpaired) electrons. The van der Waals surface area contributed by atoms with E-state index < -0.39 is 24.4 Å². The van der Waals surface area contributed by atoms with Gasteiger partial charge in [-0.05, 0) is 6.54 Å². The minimum Gasteiger partial charge on any atom is -0.448 e. The number of hydrogen-bond acceptors (Lipinski definition) is 5. The van der Waals surface area contributed by atoms with Gasteiger partial charge in [0, 0.05) is 38.8 Å². The molecule has 0 aromatic heterocycles. The molecule has 4 unspecified atom stereocenters. The monoisotopic (exact) mass is 279 g/mol. The van der Waals surface area contributed by atoms with E-state index in [1.807, 2.05) is 0 Å². The first-order valence-corrected chi connectivity index (χ1v) is 4.32. The molecule has 0 amide bonds. The van der Waals surface area contributed by atoms with Gasteiger partial charge in [0.15, 0.2) is 0 Å². The Morgan fingerprint density at radius 1 is 1.29 bits per heavy atom. The third-order valence-corrected chi connectivity index (χ3v) is 2.48. The van der Waals surface area contributed by atoms with Crippen molar-refractivity contribution in [2.75, 3.05) is 13.2 Å². The second kappa shape index (κ2) is 6.48. The van der Waals surface area contributed by atoms with Gasteiger partial charge in [0.05, 0.1) is 18.8 Å². The Morgan fingerprint density at radius 2 is 1.86 bits per heavy atom. The second-order valence-electron chi connectivity index (χ2n) is 3.25. The zero-order valence-corrected chi connectivity index (χ0v) is 11.0. The number of β-amino-alcohol motifs (C(OH)–C–C–N with tert-alkyl or cyclic N) is 1. The molecule has 0 saturated carbocycles. The molecule has 0 aromatic rings. The van der Waals surface area contributed by atoms with Crippen molar-refractivity contribution in [1.29, 1.82) is 0 Å².